The van der Waals surface area contributed by atoms with Gasteiger partial charge < -0.3 is 11.1 Å². The molecule has 3 N–H and O–H groups in total. The molecule has 1 heterocycles. The molecular weight excluding hydrogens is 280 g/mol. The first-order valence-corrected chi connectivity index (χ1v) is 5.96. The molecule has 1 aromatic heterocycles. The average molecular weight is 293 g/mol. The molecule has 4 nitrogen and oxygen atoms in total. The van der Waals surface area contributed by atoms with Gasteiger partial charge in [0.15, 0.2) is 5.82 Å². The Balaban J connectivity index is 2.40. The van der Waals surface area contributed by atoms with Crippen LogP contribution in [0.3, 0.4) is 0 Å². The van der Waals surface area contributed by atoms with E-state index in [9.17, 15) is 0 Å². The van der Waals surface area contributed by atoms with Crippen LogP contribution in [0.4, 0.5) is 17.2 Å². The molecule has 0 spiro atoms. The van der Waals surface area contributed by atoms with Crippen LogP contribution < -0.4 is 11.1 Å². The van der Waals surface area contributed by atoms with Gasteiger partial charge in [-0.1, -0.05) is 15.9 Å². The second kappa shape index (κ2) is 4.71. The average Bonchev–Trinajstić information content (AvgIpc) is 2.25. The second-order valence-corrected chi connectivity index (χ2v) is 4.78. The number of nitrogens with two attached hydrogens (primary N) is 1. The van der Waals surface area contributed by atoms with E-state index in [1.807, 2.05) is 26.0 Å². The van der Waals surface area contributed by atoms with Gasteiger partial charge in [-0.15, -0.1) is 0 Å². The third-order valence-electron chi connectivity index (χ3n) is 2.48. The molecule has 0 unspecified atom stereocenters. The van der Waals surface area contributed by atoms with Gasteiger partial charge >= 0.3 is 0 Å². The lowest BCUT2D eigenvalue weighted by atomic mass is 10.1. The van der Waals surface area contributed by atoms with E-state index in [1.165, 1.54) is 6.33 Å². The molecule has 0 saturated carbocycles. The Labute approximate surface area is 108 Å². The molecule has 1 aromatic carbocycles. The number of nitrogens with one attached hydrogen (secondary N) is 1. The first kappa shape index (κ1) is 11.9. The summed E-state index contributed by atoms with van der Waals surface area (Å²) in [5.41, 5.74) is 9.63. The number of anilines is 3. The monoisotopic (exact) mass is 292 g/mol. The number of halogens is 1. The highest BCUT2D eigenvalue weighted by atomic mass is 79.9. The molecule has 0 saturated heterocycles. The Morgan fingerprint density at radius 2 is 1.88 bits per heavy atom. The minimum Gasteiger partial charge on any atom is -0.394 e. The molecule has 0 aliphatic rings. The predicted molar refractivity (Wildman–Crippen MR) is 73.3 cm³/mol. The summed E-state index contributed by atoms with van der Waals surface area (Å²) in [5, 5.41) is 3.24. The van der Waals surface area contributed by atoms with E-state index in [0.717, 1.165) is 21.3 Å². The quantitative estimate of drug-likeness (QED) is 0.892. The Morgan fingerprint density at radius 3 is 2.47 bits per heavy atom. The fourth-order valence-electron chi connectivity index (χ4n) is 1.67. The van der Waals surface area contributed by atoms with E-state index >= 15 is 0 Å². The van der Waals surface area contributed by atoms with Crippen molar-refractivity contribution < 1.29 is 0 Å². The molecule has 88 valence electrons. The molecule has 5 heteroatoms. The maximum atomic E-state index is 5.80. The molecule has 2 aromatic rings. The summed E-state index contributed by atoms with van der Waals surface area (Å²) in [6, 6.07) is 4.10. The number of nitrogens with zero attached hydrogens (tertiary/aromatic N) is 2. The lowest BCUT2D eigenvalue weighted by Crippen LogP contribution is -2.02. The molecule has 0 atom stereocenters. The van der Waals surface area contributed by atoms with Crippen LogP contribution in [0.15, 0.2) is 29.1 Å². The zero-order valence-electron chi connectivity index (χ0n) is 9.66. The number of nitrogen functional groups attached to an aromatic ring is 1. The third-order valence-corrected chi connectivity index (χ3v) is 2.94. The minimum absolute atomic E-state index is 0.536. The van der Waals surface area contributed by atoms with Crippen molar-refractivity contribution in [3.05, 3.63) is 40.3 Å². The Bertz CT molecular complexity index is 531. The van der Waals surface area contributed by atoms with Crippen molar-refractivity contribution in [1.29, 1.82) is 0 Å². The smallest absolute Gasteiger partial charge is 0.157 e. The van der Waals surface area contributed by atoms with Crippen LogP contribution in [0.25, 0.3) is 0 Å². The number of hydrogen-bond acceptors (Lipinski definition) is 4. The fraction of sp³-hybridized carbons (Fsp3) is 0.167. The zero-order valence-corrected chi connectivity index (χ0v) is 11.2. The van der Waals surface area contributed by atoms with E-state index in [1.54, 1.807) is 6.20 Å². The molecule has 0 amide bonds. The van der Waals surface area contributed by atoms with Crippen LogP contribution in [-0.2, 0) is 0 Å². The van der Waals surface area contributed by atoms with Crippen LogP contribution in [0.5, 0.6) is 0 Å². The Kier molecular flexibility index (Phi) is 3.28. The lowest BCUT2D eigenvalue weighted by molar-refractivity contribution is 1.17. The van der Waals surface area contributed by atoms with Gasteiger partial charge in [0.2, 0.25) is 0 Å². The van der Waals surface area contributed by atoms with Crippen molar-refractivity contribution in [2.75, 3.05) is 11.1 Å². The van der Waals surface area contributed by atoms with Crippen LogP contribution >= 0.6 is 15.9 Å². The highest BCUT2D eigenvalue weighted by Crippen LogP contribution is 2.28. The van der Waals surface area contributed by atoms with Crippen molar-refractivity contribution in [3.63, 3.8) is 0 Å². The van der Waals surface area contributed by atoms with Gasteiger partial charge in [-0.05, 0) is 37.1 Å². The summed E-state index contributed by atoms with van der Waals surface area (Å²) < 4.78 is 1.06. The highest BCUT2D eigenvalue weighted by Gasteiger charge is 2.07. The van der Waals surface area contributed by atoms with Gasteiger partial charge in [0.25, 0.3) is 0 Å². The van der Waals surface area contributed by atoms with Gasteiger partial charge in [-0.3, -0.25) is 0 Å². The standard InChI is InChI=1S/C12H13BrN4/c1-7-3-9(13)4-8(2)11(7)17-12-10(14)5-15-6-16-12/h3-6H,14H2,1-2H3,(H,15,16,17). The third kappa shape index (κ3) is 2.55. The van der Waals surface area contributed by atoms with Crippen LogP contribution in [0, 0.1) is 13.8 Å². The normalized spacial score (nSPS) is 10.3. The Hall–Kier alpha value is -1.62. The summed E-state index contributed by atoms with van der Waals surface area (Å²) in [6.07, 6.45) is 3.06. The number of rotatable bonds is 2. The molecular formula is C12H13BrN4. The van der Waals surface area contributed by atoms with Gasteiger partial charge in [0, 0.05) is 10.2 Å². The first-order valence-electron chi connectivity index (χ1n) is 5.17. The van der Waals surface area contributed by atoms with Crippen molar-refractivity contribution in [2.45, 2.75) is 13.8 Å². The molecule has 0 fully saturated rings. The number of aryl methyl sites for hydroxylation is 2. The van der Waals surface area contributed by atoms with E-state index in [2.05, 4.69) is 31.2 Å². The maximum Gasteiger partial charge on any atom is 0.157 e. The van der Waals surface area contributed by atoms with Gasteiger partial charge in [-0.25, -0.2) is 9.97 Å². The first-order chi connectivity index (χ1) is 8.08. The van der Waals surface area contributed by atoms with Gasteiger partial charge in [0.1, 0.15) is 6.33 Å². The van der Waals surface area contributed by atoms with Crippen molar-refractivity contribution in [3.8, 4) is 0 Å². The zero-order chi connectivity index (χ0) is 12.4. The number of aromatic nitrogens is 2. The number of hydrogen-bond donors (Lipinski definition) is 2. The highest BCUT2D eigenvalue weighted by molar-refractivity contribution is 9.10. The van der Waals surface area contributed by atoms with Crippen LogP contribution in [0.2, 0.25) is 0 Å². The fourth-order valence-corrected chi connectivity index (χ4v) is 2.36. The molecule has 0 bridgehead atoms. The molecule has 0 aliphatic carbocycles. The molecule has 0 radical (unpaired) electrons. The molecule has 17 heavy (non-hydrogen) atoms. The summed E-state index contributed by atoms with van der Waals surface area (Å²) >= 11 is 3.47. The summed E-state index contributed by atoms with van der Waals surface area (Å²) in [5.74, 6) is 0.633. The van der Waals surface area contributed by atoms with Gasteiger partial charge in [0.05, 0.1) is 11.9 Å². The van der Waals surface area contributed by atoms with Crippen molar-refractivity contribution in [1.82, 2.24) is 9.97 Å². The van der Waals surface area contributed by atoms with Gasteiger partial charge in [-0.2, -0.15) is 0 Å². The minimum atomic E-state index is 0.536. The summed E-state index contributed by atoms with van der Waals surface area (Å²) in [6.45, 7) is 4.08. The molecule has 2 rings (SSSR count). The van der Waals surface area contributed by atoms with E-state index < -0.39 is 0 Å². The Morgan fingerprint density at radius 1 is 1.24 bits per heavy atom. The van der Waals surface area contributed by atoms with Crippen LogP contribution in [0.1, 0.15) is 11.1 Å². The second-order valence-electron chi connectivity index (χ2n) is 3.87. The summed E-state index contributed by atoms with van der Waals surface area (Å²) in [4.78, 5) is 7.98. The van der Waals surface area contributed by atoms with Crippen molar-refractivity contribution in [2.24, 2.45) is 0 Å². The molecule has 0 aliphatic heterocycles. The van der Waals surface area contributed by atoms with E-state index in [0.29, 0.717) is 11.5 Å². The maximum absolute atomic E-state index is 5.80. The predicted octanol–water partition coefficient (Wildman–Crippen LogP) is 3.18. The number of benzene rings is 1. The van der Waals surface area contributed by atoms with Crippen LogP contribution in [-0.4, -0.2) is 9.97 Å². The largest absolute Gasteiger partial charge is 0.394 e. The van der Waals surface area contributed by atoms with E-state index in [4.69, 9.17) is 5.73 Å². The summed E-state index contributed by atoms with van der Waals surface area (Å²) in [7, 11) is 0. The van der Waals surface area contributed by atoms with Crippen molar-refractivity contribution >= 4 is 33.1 Å². The topological polar surface area (TPSA) is 63.8 Å². The lowest BCUT2D eigenvalue weighted by Gasteiger charge is -2.13. The SMILES string of the molecule is Cc1cc(Br)cc(C)c1Nc1ncncc1N. The van der Waals surface area contributed by atoms with E-state index in [-0.39, 0.29) is 0 Å².